The van der Waals surface area contributed by atoms with Crippen LogP contribution < -0.4 is 5.32 Å². The highest BCUT2D eigenvalue weighted by atomic mass is 16.6. The molecule has 0 heterocycles. The third-order valence-corrected chi connectivity index (χ3v) is 2.67. The number of nitro benzene ring substituents is 1. The number of carbonyl (C=O) groups excluding carboxylic acids is 1. The zero-order chi connectivity index (χ0) is 13.5. The van der Waals surface area contributed by atoms with Gasteiger partial charge in [0.15, 0.2) is 0 Å². The van der Waals surface area contributed by atoms with Gasteiger partial charge >= 0.3 is 0 Å². The molecule has 0 unspecified atom stereocenters. The molecule has 1 amide bonds. The second-order valence-corrected chi connectivity index (χ2v) is 4.32. The molecule has 18 heavy (non-hydrogen) atoms. The summed E-state index contributed by atoms with van der Waals surface area (Å²) in [5.74, 6) is -0.176. The Bertz CT molecular complexity index is 432. The third-order valence-electron chi connectivity index (χ3n) is 2.67. The lowest BCUT2D eigenvalue weighted by Crippen LogP contribution is -2.33. The minimum atomic E-state index is -0.460. The van der Waals surface area contributed by atoms with Crippen molar-refractivity contribution in [2.24, 2.45) is 0 Å². The fraction of sp³-hybridized carbons (Fsp3) is 0.462. The summed E-state index contributed by atoms with van der Waals surface area (Å²) >= 11 is 0. The van der Waals surface area contributed by atoms with Gasteiger partial charge in [-0.1, -0.05) is 31.5 Å². The first-order valence-corrected chi connectivity index (χ1v) is 6.06. The topological polar surface area (TPSA) is 72.2 Å². The Hall–Kier alpha value is -1.91. The highest BCUT2D eigenvalue weighted by molar-refractivity contribution is 5.80. The number of carbonyl (C=O) groups is 1. The highest BCUT2D eigenvalue weighted by Gasteiger charge is 2.16. The highest BCUT2D eigenvalue weighted by Crippen LogP contribution is 2.18. The van der Waals surface area contributed by atoms with E-state index in [4.69, 9.17) is 0 Å². The first-order valence-electron chi connectivity index (χ1n) is 6.06. The summed E-state index contributed by atoms with van der Waals surface area (Å²) < 4.78 is 0. The molecule has 98 valence electrons. The van der Waals surface area contributed by atoms with Crippen molar-refractivity contribution in [3.05, 3.63) is 39.9 Å². The fourth-order valence-electron chi connectivity index (χ4n) is 1.84. The fourth-order valence-corrected chi connectivity index (χ4v) is 1.84. The van der Waals surface area contributed by atoms with Gasteiger partial charge in [-0.15, -0.1) is 0 Å². The van der Waals surface area contributed by atoms with Gasteiger partial charge in [-0.2, -0.15) is 0 Å². The number of rotatable bonds is 6. The van der Waals surface area contributed by atoms with Crippen molar-refractivity contribution >= 4 is 11.6 Å². The quantitative estimate of drug-likeness (QED) is 0.622. The van der Waals surface area contributed by atoms with Crippen molar-refractivity contribution in [2.75, 3.05) is 0 Å². The van der Waals surface area contributed by atoms with Crippen LogP contribution in [-0.4, -0.2) is 16.9 Å². The van der Waals surface area contributed by atoms with Crippen molar-refractivity contribution in [3.8, 4) is 0 Å². The van der Waals surface area contributed by atoms with Crippen molar-refractivity contribution < 1.29 is 9.72 Å². The van der Waals surface area contributed by atoms with E-state index < -0.39 is 4.92 Å². The van der Waals surface area contributed by atoms with E-state index in [1.54, 1.807) is 18.2 Å². The molecule has 0 aromatic heterocycles. The van der Waals surface area contributed by atoms with E-state index in [9.17, 15) is 14.9 Å². The first-order chi connectivity index (χ1) is 8.54. The van der Waals surface area contributed by atoms with Crippen LogP contribution in [-0.2, 0) is 11.2 Å². The molecule has 1 aromatic rings. The number of para-hydroxylation sites is 1. The Morgan fingerprint density at radius 3 is 2.72 bits per heavy atom. The van der Waals surface area contributed by atoms with Crippen molar-refractivity contribution in [1.29, 1.82) is 0 Å². The van der Waals surface area contributed by atoms with Gasteiger partial charge in [-0.05, 0) is 13.3 Å². The molecule has 1 rings (SSSR count). The molecule has 0 radical (unpaired) electrons. The van der Waals surface area contributed by atoms with Crippen LogP contribution in [0.3, 0.4) is 0 Å². The molecule has 0 aliphatic carbocycles. The normalized spacial score (nSPS) is 11.9. The molecule has 1 atom stereocenters. The zero-order valence-electron chi connectivity index (χ0n) is 10.7. The van der Waals surface area contributed by atoms with Gasteiger partial charge in [0.2, 0.25) is 5.91 Å². The molecule has 1 aromatic carbocycles. The number of nitro groups is 1. The summed E-state index contributed by atoms with van der Waals surface area (Å²) in [6, 6.07) is 6.43. The van der Waals surface area contributed by atoms with E-state index in [0.717, 1.165) is 12.8 Å². The minimum Gasteiger partial charge on any atom is -0.353 e. The summed E-state index contributed by atoms with van der Waals surface area (Å²) in [6.07, 6.45) is 1.95. The lowest BCUT2D eigenvalue weighted by atomic mass is 10.1. The second kappa shape index (κ2) is 6.74. The maximum absolute atomic E-state index is 11.7. The molecule has 5 heteroatoms. The number of benzene rings is 1. The molecule has 0 saturated carbocycles. The summed E-state index contributed by atoms with van der Waals surface area (Å²) in [6.45, 7) is 3.98. The Morgan fingerprint density at radius 2 is 2.11 bits per heavy atom. The summed E-state index contributed by atoms with van der Waals surface area (Å²) in [5, 5.41) is 13.6. The van der Waals surface area contributed by atoms with E-state index >= 15 is 0 Å². The Balaban J connectivity index is 2.67. The maximum atomic E-state index is 11.7. The Kier molecular flexibility index (Phi) is 5.30. The molecule has 0 saturated heterocycles. The van der Waals surface area contributed by atoms with E-state index in [0.29, 0.717) is 5.56 Å². The predicted octanol–water partition coefficient (Wildman–Crippen LogP) is 2.44. The summed E-state index contributed by atoms with van der Waals surface area (Å²) in [7, 11) is 0. The number of nitrogens with one attached hydrogen (secondary N) is 1. The molecule has 5 nitrogen and oxygen atoms in total. The van der Waals surface area contributed by atoms with Gasteiger partial charge < -0.3 is 5.32 Å². The lowest BCUT2D eigenvalue weighted by molar-refractivity contribution is -0.385. The van der Waals surface area contributed by atoms with Crippen LogP contribution in [0, 0.1) is 10.1 Å². The monoisotopic (exact) mass is 250 g/mol. The molecule has 0 fully saturated rings. The van der Waals surface area contributed by atoms with Crippen LogP contribution >= 0.6 is 0 Å². The predicted molar refractivity (Wildman–Crippen MR) is 69.3 cm³/mol. The molecule has 0 aliphatic heterocycles. The van der Waals surface area contributed by atoms with Gasteiger partial charge in [0.05, 0.1) is 11.3 Å². The molecule has 1 N–H and O–H groups in total. The van der Waals surface area contributed by atoms with Crippen LogP contribution in [0.4, 0.5) is 5.69 Å². The van der Waals surface area contributed by atoms with Crippen LogP contribution in [0.5, 0.6) is 0 Å². The van der Waals surface area contributed by atoms with Gasteiger partial charge in [0.1, 0.15) is 0 Å². The van der Waals surface area contributed by atoms with E-state index in [2.05, 4.69) is 5.32 Å². The number of hydrogen-bond acceptors (Lipinski definition) is 3. The second-order valence-electron chi connectivity index (χ2n) is 4.32. The standard InChI is InChI=1S/C13H18N2O3/c1-3-6-10(2)14-13(16)9-11-7-4-5-8-12(11)15(17)18/h4-5,7-8,10H,3,6,9H2,1-2H3,(H,14,16)/t10-/m0/s1. The average Bonchev–Trinajstić information content (AvgIpc) is 2.29. The number of amides is 1. The molecule has 0 bridgehead atoms. The van der Waals surface area contributed by atoms with E-state index in [1.165, 1.54) is 6.07 Å². The van der Waals surface area contributed by atoms with Crippen molar-refractivity contribution in [3.63, 3.8) is 0 Å². The third kappa shape index (κ3) is 4.16. The number of nitrogens with zero attached hydrogens (tertiary/aromatic N) is 1. The van der Waals surface area contributed by atoms with Crippen LogP contribution in [0.2, 0.25) is 0 Å². The smallest absolute Gasteiger partial charge is 0.273 e. The Labute approximate surface area is 106 Å². The van der Waals surface area contributed by atoms with E-state index in [-0.39, 0.29) is 24.1 Å². The molecule has 0 spiro atoms. The largest absolute Gasteiger partial charge is 0.353 e. The number of hydrogen-bond donors (Lipinski definition) is 1. The first kappa shape index (κ1) is 14.2. The lowest BCUT2D eigenvalue weighted by Gasteiger charge is -2.12. The van der Waals surface area contributed by atoms with Crippen LogP contribution in [0.25, 0.3) is 0 Å². The molecular weight excluding hydrogens is 232 g/mol. The van der Waals surface area contributed by atoms with Gasteiger partial charge in [-0.25, -0.2) is 0 Å². The van der Waals surface area contributed by atoms with Gasteiger partial charge in [0.25, 0.3) is 5.69 Å². The average molecular weight is 250 g/mol. The van der Waals surface area contributed by atoms with Gasteiger partial charge in [-0.3, -0.25) is 14.9 Å². The molecular formula is C13H18N2O3. The van der Waals surface area contributed by atoms with Crippen LogP contribution in [0.1, 0.15) is 32.3 Å². The van der Waals surface area contributed by atoms with Crippen molar-refractivity contribution in [2.45, 2.75) is 39.2 Å². The molecule has 0 aliphatic rings. The van der Waals surface area contributed by atoms with Crippen LogP contribution in [0.15, 0.2) is 24.3 Å². The SMILES string of the molecule is CCC[C@H](C)NC(=O)Cc1ccccc1[N+](=O)[O-]. The van der Waals surface area contributed by atoms with Crippen molar-refractivity contribution in [1.82, 2.24) is 5.32 Å². The summed E-state index contributed by atoms with van der Waals surface area (Å²) in [5.41, 5.74) is 0.444. The zero-order valence-corrected chi connectivity index (χ0v) is 10.7. The minimum absolute atomic E-state index is 0.00389. The van der Waals surface area contributed by atoms with E-state index in [1.807, 2.05) is 13.8 Å². The Morgan fingerprint density at radius 1 is 1.44 bits per heavy atom. The summed E-state index contributed by atoms with van der Waals surface area (Å²) in [4.78, 5) is 22.1. The van der Waals surface area contributed by atoms with Gasteiger partial charge in [0, 0.05) is 17.7 Å². The maximum Gasteiger partial charge on any atom is 0.273 e.